The molecule has 2 aliphatic heterocycles. The van der Waals surface area contributed by atoms with Gasteiger partial charge in [-0.15, -0.1) is 12.4 Å². The number of amides is 2. The molecule has 0 bridgehead atoms. The molecule has 1 N–H and O–H groups in total. The largest absolute Gasteiger partial charge is 0.346 e. The molecular weight excluding hydrogens is 266 g/mol. The van der Waals surface area contributed by atoms with Crippen LogP contribution in [0.1, 0.15) is 26.7 Å². The minimum absolute atomic E-state index is 0. The summed E-state index contributed by atoms with van der Waals surface area (Å²) in [6, 6.07) is 0.533. The van der Waals surface area contributed by atoms with Crippen LogP contribution in [0, 0.1) is 5.92 Å². The van der Waals surface area contributed by atoms with E-state index in [1.807, 2.05) is 4.90 Å². The van der Waals surface area contributed by atoms with Crippen molar-refractivity contribution in [3.8, 4) is 0 Å². The molecule has 0 aromatic carbocycles. The molecule has 0 aromatic heterocycles. The molecule has 3 atom stereocenters. The van der Waals surface area contributed by atoms with E-state index in [1.54, 1.807) is 11.9 Å². The van der Waals surface area contributed by atoms with Crippen LogP contribution in [0.25, 0.3) is 0 Å². The van der Waals surface area contributed by atoms with Crippen LogP contribution in [0.2, 0.25) is 0 Å². The Labute approximate surface area is 121 Å². The van der Waals surface area contributed by atoms with Gasteiger partial charge in [0.15, 0.2) is 0 Å². The van der Waals surface area contributed by atoms with Crippen LogP contribution in [-0.2, 0) is 9.59 Å². The maximum atomic E-state index is 12.5. The van der Waals surface area contributed by atoms with Crippen LogP contribution in [-0.4, -0.2) is 60.4 Å². The van der Waals surface area contributed by atoms with Crippen LogP contribution in [0.5, 0.6) is 0 Å². The second-order valence-corrected chi connectivity index (χ2v) is 5.52. The van der Waals surface area contributed by atoms with Gasteiger partial charge in [-0.25, -0.2) is 0 Å². The average Bonchev–Trinajstić information content (AvgIpc) is 2.35. The number of hydrogen-bond acceptors (Lipinski definition) is 3. The molecule has 3 unspecified atom stereocenters. The lowest BCUT2D eigenvalue weighted by Gasteiger charge is -2.41. The lowest BCUT2D eigenvalue weighted by atomic mass is 9.93. The molecular formula is C13H24ClN3O2. The highest BCUT2D eigenvalue weighted by Crippen LogP contribution is 2.22. The molecule has 2 aliphatic rings. The van der Waals surface area contributed by atoms with Gasteiger partial charge < -0.3 is 15.1 Å². The molecule has 0 aliphatic carbocycles. The van der Waals surface area contributed by atoms with E-state index in [9.17, 15) is 9.59 Å². The highest BCUT2D eigenvalue weighted by atomic mass is 35.5. The molecule has 2 rings (SSSR count). The quantitative estimate of drug-likeness (QED) is 0.764. The predicted octanol–water partition coefficient (Wildman–Crippen LogP) is 0.485. The van der Waals surface area contributed by atoms with Gasteiger partial charge in [0.1, 0.15) is 0 Å². The molecule has 2 amide bonds. The number of halogens is 1. The van der Waals surface area contributed by atoms with Gasteiger partial charge in [-0.2, -0.15) is 0 Å². The van der Waals surface area contributed by atoms with Crippen molar-refractivity contribution in [2.75, 3.05) is 26.7 Å². The number of nitrogens with one attached hydrogen (secondary N) is 1. The van der Waals surface area contributed by atoms with Gasteiger partial charge in [0.2, 0.25) is 11.8 Å². The van der Waals surface area contributed by atoms with Gasteiger partial charge in [0.05, 0.1) is 0 Å². The van der Waals surface area contributed by atoms with Gasteiger partial charge >= 0.3 is 0 Å². The zero-order valence-corrected chi connectivity index (χ0v) is 12.7. The Balaban J connectivity index is 0.00000180. The van der Waals surface area contributed by atoms with E-state index in [1.165, 1.54) is 0 Å². The van der Waals surface area contributed by atoms with E-state index in [-0.39, 0.29) is 36.2 Å². The highest BCUT2D eigenvalue weighted by molar-refractivity contribution is 5.87. The maximum absolute atomic E-state index is 12.5. The van der Waals surface area contributed by atoms with Crippen molar-refractivity contribution in [3.63, 3.8) is 0 Å². The lowest BCUT2D eigenvalue weighted by molar-refractivity contribution is -0.146. The van der Waals surface area contributed by atoms with Gasteiger partial charge in [-0.1, -0.05) is 0 Å². The summed E-state index contributed by atoms with van der Waals surface area (Å²) >= 11 is 0. The number of likely N-dealkylation sites (tertiary alicyclic amines) is 1. The smallest absolute Gasteiger partial charge is 0.226 e. The average molecular weight is 290 g/mol. The van der Waals surface area contributed by atoms with E-state index in [0.717, 1.165) is 19.5 Å². The third kappa shape index (κ3) is 3.39. The van der Waals surface area contributed by atoms with Crippen LogP contribution >= 0.6 is 12.4 Å². The van der Waals surface area contributed by atoms with Crippen LogP contribution in [0.3, 0.4) is 0 Å². The van der Waals surface area contributed by atoms with E-state index >= 15 is 0 Å². The van der Waals surface area contributed by atoms with Crippen LogP contribution in [0.15, 0.2) is 0 Å². The van der Waals surface area contributed by atoms with Crippen molar-refractivity contribution in [2.24, 2.45) is 5.92 Å². The standard InChI is InChI=1S/C13H23N3O2.ClH/c1-9-10(2)16(7-5-14-9)13(18)11-4-6-15(3)12(17)8-11;/h9-11,14H,4-8H2,1-3H3;1H. The molecule has 5 nitrogen and oxygen atoms in total. The Morgan fingerprint density at radius 3 is 2.63 bits per heavy atom. The van der Waals surface area contributed by atoms with E-state index < -0.39 is 0 Å². The summed E-state index contributed by atoms with van der Waals surface area (Å²) in [5.41, 5.74) is 0. The number of piperidine rings is 1. The zero-order chi connectivity index (χ0) is 13.3. The van der Waals surface area contributed by atoms with Crippen molar-refractivity contribution < 1.29 is 9.59 Å². The zero-order valence-electron chi connectivity index (χ0n) is 11.9. The van der Waals surface area contributed by atoms with Crippen molar-refractivity contribution in [1.29, 1.82) is 0 Å². The first-order valence-corrected chi connectivity index (χ1v) is 6.78. The Hall–Kier alpha value is -0.810. The maximum Gasteiger partial charge on any atom is 0.226 e. The SMILES string of the molecule is CC1NCCN(C(=O)C2CCN(C)C(=O)C2)C1C.Cl. The second kappa shape index (κ2) is 6.57. The number of carbonyl (C=O) groups excluding carboxylic acids is 2. The van der Waals surface area contributed by atoms with Crippen molar-refractivity contribution in [3.05, 3.63) is 0 Å². The van der Waals surface area contributed by atoms with Gasteiger partial charge in [0.25, 0.3) is 0 Å². The first-order valence-electron chi connectivity index (χ1n) is 6.78. The summed E-state index contributed by atoms with van der Waals surface area (Å²) < 4.78 is 0. The summed E-state index contributed by atoms with van der Waals surface area (Å²) in [5, 5.41) is 3.37. The molecule has 6 heteroatoms. The molecule has 2 saturated heterocycles. The van der Waals surface area contributed by atoms with Gasteiger partial charge in [-0.05, 0) is 20.3 Å². The number of hydrogen-bond donors (Lipinski definition) is 1. The van der Waals surface area contributed by atoms with Gasteiger partial charge in [0, 0.05) is 51.1 Å². The first-order chi connectivity index (χ1) is 8.50. The fourth-order valence-electron chi connectivity index (χ4n) is 2.76. The molecule has 0 radical (unpaired) electrons. The summed E-state index contributed by atoms with van der Waals surface area (Å²) in [4.78, 5) is 27.8. The Morgan fingerprint density at radius 1 is 1.32 bits per heavy atom. The Bertz CT molecular complexity index is 351. The fourth-order valence-corrected chi connectivity index (χ4v) is 2.76. The Kier molecular flexibility index (Phi) is 5.62. The van der Waals surface area contributed by atoms with E-state index in [4.69, 9.17) is 0 Å². The number of piperazine rings is 1. The van der Waals surface area contributed by atoms with Crippen LogP contribution in [0.4, 0.5) is 0 Å². The van der Waals surface area contributed by atoms with Crippen molar-refractivity contribution in [2.45, 2.75) is 38.8 Å². The van der Waals surface area contributed by atoms with Crippen molar-refractivity contribution >= 4 is 24.2 Å². The molecule has 2 heterocycles. The van der Waals surface area contributed by atoms with Crippen LogP contribution < -0.4 is 5.32 Å². The summed E-state index contributed by atoms with van der Waals surface area (Å²) in [7, 11) is 1.80. The predicted molar refractivity (Wildman–Crippen MR) is 76.2 cm³/mol. The molecule has 0 spiro atoms. The number of nitrogens with zero attached hydrogens (tertiary/aromatic N) is 2. The highest BCUT2D eigenvalue weighted by Gasteiger charge is 2.35. The Morgan fingerprint density at radius 2 is 2.00 bits per heavy atom. The number of carbonyl (C=O) groups is 2. The normalized spacial score (nSPS) is 31.9. The third-order valence-corrected chi connectivity index (χ3v) is 4.33. The van der Waals surface area contributed by atoms with E-state index in [0.29, 0.717) is 19.0 Å². The van der Waals surface area contributed by atoms with Crippen molar-refractivity contribution in [1.82, 2.24) is 15.1 Å². The monoisotopic (exact) mass is 289 g/mol. The molecule has 0 aromatic rings. The molecule has 2 fully saturated rings. The lowest BCUT2D eigenvalue weighted by Crippen LogP contribution is -2.59. The third-order valence-electron chi connectivity index (χ3n) is 4.33. The minimum Gasteiger partial charge on any atom is -0.346 e. The topological polar surface area (TPSA) is 52.7 Å². The minimum atomic E-state index is -0.110. The van der Waals surface area contributed by atoms with Gasteiger partial charge in [-0.3, -0.25) is 9.59 Å². The van der Waals surface area contributed by atoms with E-state index in [2.05, 4.69) is 19.2 Å². The second-order valence-electron chi connectivity index (χ2n) is 5.52. The number of rotatable bonds is 1. The fraction of sp³-hybridized carbons (Fsp3) is 0.846. The summed E-state index contributed by atoms with van der Waals surface area (Å²) in [6.07, 6.45) is 1.17. The molecule has 0 saturated carbocycles. The summed E-state index contributed by atoms with van der Waals surface area (Å²) in [5.74, 6) is 0.147. The molecule has 19 heavy (non-hydrogen) atoms. The first kappa shape index (κ1) is 16.2. The summed E-state index contributed by atoms with van der Waals surface area (Å²) in [6.45, 7) is 6.48. The molecule has 110 valence electrons.